The predicted octanol–water partition coefficient (Wildman–Crippen LogP) is 10.8. The van der Waals surface area contributed by atoms with E-state index in [0.29, 0.717) is 54.7 Å². The first-order valence-corrected chi connectivity index (χ1v) is 21.9. The maximum absolute atomic E-state index is 13.1. The van der Waals surface area contributed by atoms with Gasteiger partial charge in [0.05, 0.1) is 13.2 Å². The van der Waals surface area contributed by atoms with Gasteiger partial charge in [-0.2, -0.15) is 0 Å². The largest absolute Gasteiger partial charge is 0.493 e. The van der Waals surface area contributed by atoms with Gasteiger partial charge in [0.15, 0.2) is 0 Å². The number of hydrogen-bond acceptors (Lipinski definition) is 6. The number of pyridine rings is 1. The molecule has 7 rings (SSSR count). The minimum Gasteiger partial charge on any atom is -0.493 e. The number of carbonyl (C=O) groups is 1. The molecule has 0 bridgehead atoms. The van der Waals surface area contributed by atoms with E-state index in [0.717, 1.165) is 81.6 Å². The van der Waals surface area contributed by atoms with Crippen LogP contribution in [0.4, 0.5) is 5.69 Å². The van der Waals surface area contributed by atoms with Crippen molar-refractivity contribution in [3.63, 3.8) is 0 Å². The normalized spacial score (nSPS) is 23.6. The zero-order valence-corrected chi connectivity index (χ0v) is 35.0. The van der Waals surface area contributed by atoms with E-state index in [1.165, 1.54) is 40.8 Å². The monoisotopic (exact) mass is 791 g/mol. The zero-order chi connectivity index (χ0) is 39.8. The fraction of sp³-hybridized carbons (Fsp3) is 0.510. The van der Waals surface area contributed by atoms with Crippen molar-refractivity contribution in [2.75, 3.05) is 31.6 Å². The second-order valence-corrected chi connectivity index (χ2v) is 18.0. The van der Waals surface area contributed by atoms with Crippen LogP contribution in [0.15, 0.2) is 85.1 Å². The molecule has 57 heavy (non-hydrogen) atoms. The first-order valence-electron chi connectivity index (χ1n) is 21.5. The smallest absolute Gasteiger partial charge is 0.329 e. The van der Waals surface area contributed by atoms with E-state index in [1.807, 2.05) is 36.5 Å². The van der Waals surface area contributed by atoms with Crippen LogP contribution in [0.25, 0.3) is 0 Å². The molecule has 1 saturated carbocycles. The SMILES string of the molecule is C[C@H](CCNCCCc1ccccc1)COc1ccc2c(c1)C1(CCC(Nc3cccc(Cl)c3)(C(=O)O)CC1)[C@@H](C[C@@H](C)COc1ccnc3c1[C@H](C)CCC3)C2. The number of rotatable bonds is 18. The van der Waals surface area contributed by atoms with E-state index in [9.17, 15) is 9.90 Å². The van der Waals surface area contributed by atoms with Gasteiger partial charge in [-0.1, -0.05) is 74.8 Å². The molecule has 3 N–H and O–H groups in total. The van der Waals surface area contributed by atoms with Crippen LogP contribution in [-0.4, -0.2) is 47.9 Å². The standard InChI is InChI=1S/C49H62ClN3O4/c1-34(19-26-51-25-9-13-37-11-5-4-6-12-37)32-56-42-18-17-38-29-39(28-35(2)33-57-45-20-27-52-44-16-7-10-36(3)46(44)45)48(43(38)31-42)21-23-49(24-22-48,47(54)55)53-41-15-8-14-40(50)30-41/h4-6,8,11-12,14-15,17-18,20,27,30-31,34-36,39,51,53H,7,9-10,13,16,19,21-26,28-29,32-33H2,1-3H3,(H,54,55)/t34-,35-,36-,39+,48?,49?/m1/s1. The second-order valence-electron chi connectivity index (χ2n) is 17.6. The van der Waals surface area contributed by atoms with Gasteiger partial charge in [-0.15, -0.1) is 0 Å². The van der Waals surface area contributed by atoms with Crippen molar-refractivity contribution in [3.8, 4) is 11.5 Å². The van der Waals surface area contributed by atoms with Gasteiger partial charge in [-0.3, -0.25) is 4.98 Å². The van der Waals surface area contributed by atoms with Crippen molar-refractivity contribution in [2.24, 2.45) is 17.8 Å². The van der Waals surface area contributed by atoms with Gasteiger partial charge in [0.25, 0.3) is 0 Å². The molecule has 0 amide bonds. The summed E-state index contributed by atoms with van der Waals surface area (Å²) in [5.74, 6) is 2.68. The van der Waals surface area contributed by atoms with E-state index in [4.69, 9.17) is 21.1 Å². The average Bonchev–Trinajstić information content (AvgIpc) is 3.49. The molecule has 0 unspecified atom stereocenters. The lowest BCUT2D eigenvalue weighted by Gasteiger charge is -2.47. The molecule has 8 heteroatoms. The van der Waals surface area contributed by atoms with E-state index in [-0.39, 0.29) is 5.41 Å². The minimum atomic E-state index is -1.06. The molecule has 1 fully saturated rings. The van der Waals surface area contributed by atoms with Gasteiger partial charge < -0.3 is 25.2 Å². The number of halogens is 1. The Bertz CT molecular complexity index is 1940. The highest BCUT2D eigenvalue weighted by atomic mass is 35.5. The van der Waals surface area contributed by atoms with E-state index >= 15 is 0 Å². The molecule has 3 aliphatic carbocycles. The van der Waals surface area contributed by atoms with Gasteiger partial charge in [0.2, 0.25) is 0 Å². The number of carboxylic acids is 1. The van der Waals surface area contributed by atoms with Gasteiger partial charge in [0, 0.05) is 28.2 Å². The minimum absolute atomic E-state index is 0.141. The maximum atomic E-state index is 13.1. The molecule has 1 spiro atoms. The Balaban J connectivity index is 1.02. The van der Waals surface area contributed by atoms with Crippen molar-refractivity contribution in [1.29, 1.82) is 0 Å². The van der Waals surface area contributed by atoms with Crippen LogP contribution in [0, 0.1) is 17.8 Å². The summed E-state index contributed by atoms with van der Waals surface area (Å²) < 4.78 is 13.1. The summed E-state index contributed by atoms with van der Waals surface area (Å²) in [6.45, 7) is 10.2. The lowest BCUT2D eigenvalue weighted by molar-refractivity contribution is -0.144. The summed E-state index contributed by atoms with van der Waals surface area (Å²) in [6.07, 6.45) is 13.2. The number of aliphatic carboxylic acids is 1. The third kappa shape index (κ3) is 9.80. The number of carboxylic acid groups (broad SMARTS) is 1. The van der Waals surface area contributed by atoms with Crippen molar-refractivity contribution in [2.45, 2.75) is 115 Å². The number of nitrogens with zero attached hydrogens (tertiary/aromatic N) is 1. The van der Waals surface area contributed by atoms with Gasteiger partial charge in [-0.05, 0) is 172 Å². The Morgan fingerprint density at radius 1 is 0.947 bits per heavy atom. The topological polar surface area (TPSA) is 92.7 Å². The number of ether oxygens (including phenoxy) is 2. The Hall–Kier alpha value is -4.07. The Kier molecular flexibility index (Phi) is 13.5. The summed E-state index contributed by atoms with van der Waals surface area (Å²) in [5, 5.41) is 18.4. The average molecular weight is 793 g/mol. The summed E-state index contributed by atoms with van der Waals surface area (Å²) in [4.78, 5) is 17.8. The second kappa shape index (κ2) is 18.7. The number of aryl methyl sites for hydroxylation is 2. The number of nitrogens with one attached hydrogen (secondary N) is 2. The molecule has 3 aromatic carbocycles. The van der Waals surface area contributed by atoms with E-state index < -0.39 is 11.5 Å². The highest BCUT2D eigenvalue weighted by Gasteiger charge is 2.54. The molecule has 4 aromatic rings. The van der Waals surface area contributed by atoms with Gasteiger partial charge in [-0.25, -0.2) is 4.79 Å². The number of anilines is 1. The van der Waals surface area contributed by atoms with Crippen molar-refractivity contribution >= 4 is 23.3 Å². The summed E-state index contributed by atoms with van der Waals surface area (Å²) in [7, 11) is 0. The van der Waals surface area contributed by atoms with Crippen LogP contribution in [-0.2, 0) is 29.5 Å². The molecular formula is C49H62ClN3O4. The quantitative estimate of drug-likeness (QED) is 0.0864. The first-order chi connectivity index (χ1) is 27.6. The van der Waals surface area contributed by atoms with Crippen molar-refractivity contribution in [3.05, 3.63) is 118 Å². The number of benzene rings is 3. The van der Waals surface area contributed by atoms with Gasteiger partial charge >= 0.3 is 5.97 Å². The van der Waals surface area contributed by atoms with Gasteiger partial charge in [0.1, 0.15) is 17.0 Å². The van der Waals surface area contributed by atoms with Crippen LogP contribution >= 0.6 is 11.6 Å². The molecule has 0 saturated heterocycles. The fourth-order valence-electron chi connectivity index (χ4n) is 10.0. The third-order valence-corrected chi connectivity index (χ3v) is 13.5. The maximum Gasteiger partial charge on any atom is 0.329 e. The van der Waals surface area contributed by atoms with Crippen molar-refractivity contribution in [1.82, 2.24) is 10.3 Å². The fourth-order valence-corrected chi connectivity index (χ4v) is 10.2. The number of hydrogen-bond donors (Lipinski definition) is 3. The highest BCUT2D eigenvalue weighted by molar-refractivity contribution is 6.30. The first kappa shape index (κ1) is 41.1. The molecule has 1 aromatic heterocycles. The number of aromatic nitrogens is 1. The summed E-state index contributed by atoms with van der Waals surface area (Å²) in [5.41, 5.74) is 6.14. The summed E-state index contributed by atoms with van der Waals surface area (Å²) in [6, 6.07) is 26.9. The Labute approximate surface area is 345 Å². The lowest BCUT2D eigenvalue weighted by atomic mass is 9.59. The number of fused-ring (bicyclic) bond motifs is 3. The van der Waals surface area contributed by atoms with Crippen LogP contribution in [0.2, 0.25) is 5.02 Å². The van der Waals surface area contributed by atoms with Crippen LogP contribution in [0.5, 0.6) is 11.5 Å². The molecular weight excluding hydrogens is 730 g/mol. The molecule has 0 radical (unpaired) electrons. The molecule has 1 heterocycles. The van der Waals surface area contributed by atoms with E-state index in [2.05, 4.69) is 84.9 Å². The van der Waals surface area contributed by atoms with Crippen LogP contribution in [0.1, 0.15) is 112 Å². The molecule has 7 nitrogen and oxygen atoms in total. The molecule has 0 aliphatic heterocycles. The summed E-state index contributed by atoms with van der Waals surface area (Å²) >= 11 is 6.32. The molecule has 3 aliphatic rings. The molecule has 4 atom stereocenters. The third-order valence-electron chi connectivity index (χ3n) is 13.3. The highest BCUT2D eigenvalue weighted by Crippen LogP contribution is 2.57. The Morgan fingerprint density at radius 3 is 2.54 bits per heavy atom. The van der Waals surface area contributed by atoms with Crippen molar-refractivity contribution < 1.29 is 19.4 Å². The Morgan fingerprint density at radius 2 is 1.75 bits per heavy atom. The zero-order valence-electron chi connectivity index (χ0n) is 34.2. The predicted molar refractivity (Wildman–Crippen MR) is 231 cm³/mol. The van der Waals surface area contributed by atoms with Crippen LogP contribution in [0.3, 0.4) is 0 Å². The van der Waals surface area contributed by atoms with Crippen LogP contribution < -0.4 is 20.1 Å². The molecule has 304 valence electrons. The lowest BCUT2D eigenvalue weighted by Crippen LogP contribution is -2.53. The van der Waals surface area contributed by atoms with E-state index in [1.54, 1.807) is 0 Å².